The molecule has 2 aromatic rings. The van der Waals surface area contributed by atoms with Crippen molar-refractivity contribution in [2.75, 3.05) is 0 Å². The molecule has 0 saturated heterocycles. The third-order valence-corrected chi connectivity index (χ3v) is 3.61. The van der Waals surface area contributed by atoms with Gasteiger partial charge in [0, 0.05) is 17.5 Å². The molecule has 0 aliphatic heterocycles. The minimum atomic E-state index is -0.0714. The smallest absolute Gasteiger partial charge is 0.251 e. The summed E-state index contributed by atoms with van der Waals surface area (Å²) in [6.07, 6.45) is 0.992. The molecule has 2 unspecified atom stereocenters. The first-order valence-corrected chi connectivity index (χ1v) is 6.64. The zero-order valence-corrected chi connectivity index (χ0v) is 10.9. The number of nitrogens with one attached hydrogen (secondary N) is 1. The van der Waals surface area contributed by atoms with Crippen molar-refractivity contribution in [2.45, 2.75) is 18.4 Å². The molecular weight excluding hydrogens is 248 g/mol. The lowest BCUT2D eigenvalue weighted by molar-refractivity contribution is 0.0950. The number of benzene rings is 2. The van der Waals surface area contributed by atoms with Gasteiger partial charge >= 0.3 is 0 Å². The molecule has 3 rings (SSSR count). The van der Waals surface area contributed by atoms with E-state index in [1.807, 2.05) is 24.3 Å². The molecule has 3 heteroatoms. The van der Waals surface area contributed by atoms with Crippen LogP contribution in [0.1, 0.15) is 33.8 Å². The van der Waals surface area contributed by atoms with E-state index >= 15 is 0 Å². The largest absolute Gasteiger partial charge is 0.349 e. The number of rotatable bonds is 3. The molecule has 0 bridgehead atoms. The minimum Gasteiger partial charge on any atom is -0.349 e. The Morgan fingerprint density at radius 3 is 2.45 bits per heavy atom. The molecule has 1 fully saturated rings. The molecule has 0 heterocycles. The summed E-state index contributed by atoms with van der Waals surface area (Å²) >= 11 is 0. The Morgan fingerprint density at radius 2 is 1.80 bits per heavy atom. The van der Waals surface area contributed by atoms with Gasteiger partial charge in [-0.1, -0.05) is 30.3 Å². The first kappa shape index (κ1) is 12.4. The van der Waals surface area contributed by atoms with Crippen LogP contribution in [0.5, 0.6) is 0 Å². The fourth-order valence-electron chi connectivity index (χ4n) is 2.37. The molecule has 0 aromatic heterocycles. The molecule has 1 aliphatic carbocycles. The van der Waals surface area contributed by atoms with Gasteiger partial charge in [0.2, 0.25) is 0 Å². The zero-order valence-electron chi connectivity index (χ0n) is 10.9. The van der Waals surface area contributed by atoms with Crippen LogP contribution in [0, 0.1) is 11.3 Å². The number of hydrogen-bond donors (Lipinski definition) is 1. The van der Waals surface area contributed by atoms with Gasteiger partial charge in [-0.3, -0.25) is 4.79 Å². The van der Waals surface area contributed by atoms with E-state index in [1.54, 1.807) is 24.3 Å². The first-order chi connectivity index (χ1) is 9.78. The summed E-state index contributed by atoms with van der Waals surface area (Å²) in [5.41, 5.74) is 2.44. The Kier molecular flexibility index (Phi) is 3.22. The second-order valence-corrected chi connectivity index (χ2v) is 5.02. The molecule has 20 heavy (non-hydrogen) atoms. The topological polar surface area (TPSA) is 52.9 Å². The quantitative estimate of drug-likeness (QED) is 0.924. The van der Waals surface area contributed by atoms with Gasteiger partial charge in [0.1, 0.15) is 0 Å². The molecule has 1 N–H and O–H groups in total. The number of hydrogen-bond acceptors (Lipinski definition) is 2. The molecule has 3 nitrogen and oxygen atoms in total. The maximum absolute atomic E-state index is 12.1. The monoisotopic (exact) mass is 262 g/mol. The Hall–Kier alpha value is -2.60. The standard InChI is InChI=1S/C17H14N2O/c18-11-12-6-8-14(9-7-12)17(20)19-16-10-15(16)13-4-2-1-3-5-13/h1-9,15-16H,10H2,(H,19,20). The Labute approximate surface area is 117 Å². The predicted octanol–water partition coefficient (Wildman–Crippen LogP) is 2.84. The Balaban J connectivity index is 1.62. The third-order valence-electron chi connectivity index (χ3n) is 3.61. The van der Waals surface area contributed by atoms with Crippen molar-refractivity contribution in [3.63, 3.8) is 0 Å². The van der Waals surface area contributed by atoms with Gasteiger partial charge in [-0.05, 0) is 36.2 Å². The maximum Gasteiger partial charge on any atom is 0.251 e. The summed E-state index contributed by atoms with van der Waals surface area (Å²) in [5.74, 6) is 0.358. The molecule has 1 saturated carbocycles. The highest BCUT2D eigenvalue weighted by molar-refractivity contribution is 5.94. The summed E-state index contributed by atoms with van der Waals surface area (Å²) in [6, 6.07) is 19.2. The van der Waals surface area contributed by atoms with E-state index in [9.17, 15) is 4.79 Å². The highest BCUT2D eigenvalue weighted by atomic mass is 16.1. The van der Waals surface area contributed by atoms with Crippen LogP contribution in [-0.2, 0) is 0 Å². The summed E-state index contributed by atoms with van der Waals surface area (Å²) in [5, 5.41) is 11.8. The average molecular weight is 262 g/mol. The highest BCUT2D eigenvalue weighted by Crippen LogP contribution is 2.40. The average Bonchev–Trinajstić information content (AvgIpc) is 3.27. The SMILES string of the molecule is N#Cc1ccc(C(=O)NC2CC2c2ccccc2)cc1. The lowest BCUT2D eigenvalue weighted by Crippen LogP contribution is -2.26. The van der Waals surface area contributed by atoms with Crippen molar-refractivity contribution in [3.8, 4) is 6.07 Å². The third kappa shape index (κ3) is 2.55. The van der Waals surface area contributed by atoms with Crippen molar-refractivity contribution >= 4 is 5.91 Å². The van der Waals surface area contributed by atoms with Crippen molar-refractivity contribution in [3.05, 3.63) is 71.3 Å². The van der Waals surface area contributed by atoms with E-state index in [0.29, 0.717) is 17.0 Å². The van der Waals surface area contributed by atoms with Crippen molar-refractivity contribution < 1.29 is 4.79 Å². The van der Waals surface area contributed by atoms with Crippen molar-refractivity contribution in [2.24, 2.45) is 0 Å². The normalized spacial score (nSPS) is 19.9. The van der Waals surface area contributed by atoms with E-state index in [1.165, 1.54) is 5.56 Å². The van der Waals surface area contributed by atoms with Gasteiger partial charge in [-0.15, -0.1) is 0 Å². The molecule has 2 atom stereocenters. The summed E-state index contributed by atoms with van der Waals surface area (Å²) < 4.78 is 0. The predicted molar refractivity (Wildman–Crippen MR) is 76.2 cm³/mol. The van der Waals surface area contributed by atoms with Crippen LogP contribution in [0.15, 0.2) is 54.6 Å². The second kappa shape index (κ2) is 5.18. The van der Waals surface area contributed by atoms with Gasteiger partial charge in [-0.25, -0.2) is 0 Å². The zero-order chi connectivity index (χ0) is 13.9. The highest BCUT2D eigenvalue weighted by Gasteiger charge is 2.39. The van der Waals surface area contributed by atoms with Gasteiger partial charge in [0.05, 0.1) is 11.6 Å². The molecule has 1 amide bonds. The molecular formula is C17H14N2O. The van der Waals surface area contributed by atoms with Gasteiger partial charge in [0.25, 0.3) is 5.91 Å². The molecule has 2 aromatic carbocycles. The Morgan fingerprint density at radius 1 is 1.10 bits per heavy atom. The van der Waals surface area contributed by atoms with Crippen LogP contribution in [0.3, 0.4) is 0 Å². The lowest BCUT2D eigenvalue weighted by Gasteiger charge is -2.05. The lowest BCUT2D eigenvalue weighted by atomic mass is 10.1. The van der Waals surface area contributed by atoms with E-state index in [4.69, 9.17) is 5.26 Å². The summed E-state index contributed by atoms with van der Waals surface area (Å²) in [4.78, 5) is 12.1. The number of carbonyl (C=O) groups excluding carboxylic acids is 1. The molecule has 98 valence electrons. The molecule has 0 radical (unpaired) electrons. The van der Waals surface area contributed by atoms with Crippen LogP contribution in [-0.4, -0.2) is 11.9 Å². The van der Waals surface area contributed by atoms with Crippen LogP contribution in [0.25, 0.3) is 0 Å². The van der Waals surface area contributed by atoms with E-state index < -0.39 is 0 Å². The minimum absolute atomic E-state index is 0.0714. The van der Waals surface area contributed by atoms with Crippen LogP contribution in [0.4, 0.5) is 0 Å². The fourth-order valence-corrected chi connectivity index (χ4v) is 2.37. The number of amides is 1. The van der Waals surface area contributed by atoms with Crippen LogP contribution >= 0.6 is 0 Å². The number of carbonyl (C=O) groups is 1. The Bertz CT molecular complexity index is 656. The van der Waals surface area contributed by atoms with Gasteiger partial charge in [0.15, 0.2) is 0 Å². The van der Waals surface area contributed by atoms with Crippen LogP contribution < -0.4 is 5.32 Å². The molecule has 0 spiro atoms. The fraction of sp³-hybridized carbons (Fsp3) is 0.176. The number of nitrogens with zero attached hydrogens (tertiary/aromatic N) is 1. The van der Waals surface area contributed by atoms with E-state index in [2.05, 4.69) is 17.4 Å². The van der Waals surface area contributed by atoms with Gasteiger partial charge in [-0.2, -0.15) is 5.26 Å². The van der Waals surface area contributed by atoms with Crippen molar-refractivity contribution in [1.82, 2.24) is 5.32 Å². The second-order valence-electron chi connectivity index (χ2n) is 5.02. The van der Waals surface area contributed by atoms with Gasteiger partial charge < -0.3 is 5.32 Å². The number of nitriles is 1. The summed E-state index contributed by atoms with van der Waals surface area (Å²) in [7, 11) is 0. The van der Waals surface area contributed by atoms with Crippen LogP contribution in [0.2, 0.25) is 0 Å². The van der Waals surface area contributed by atoms with E-state index in [-0.39, 0.29) is 11.9 Å². The molecule has 1 aliphatic rings. The van der Waals surface area contributed by atoms with Crippen molar-refractivity contribution in [1.29, 1.82) is 5.26 Å². The summed E-state index contributed by atoms with van der Waals surface area (Å²) in [6.45, 7) is 0. The maximum atomic E-state index is 12.1. The first-order valence-electron chi connectivity index (χ1n) is 6.64. The van der Waals surface area contributed by atoms with E-state index in [0.717, 1.165) is 6.42 Å².